The highest BCUT2D eigenvalue weighted by Crippen LogP contribution is 2.30. The first-order valence-electron chi connectivity index (χ1n) is 9.94. The Kier molecular flexibility index (Phi) is 6.74. The molecule has 0 radical (unpaired) electrons. The second-order valence-corrected chi connectivity index (χ2v) is 6.96. The number of fused-ring (bicyclic) bond motifs is 3. The van der Waals surface area contributed by atoms with Crippen molar-refractivity contribution < 1.29 is 23.3 Å². The lowest BCUT2D eigenvalue weighted by Crippen LogP contribution is -2.34. The van der Waals surface area contributed by atoms with Gasteiger partial charge in [-0.25, -0.2) is 9.18 Å². The summed E-state index contributed by atoms with van der Waals surface area (Å²) in [5.41, 5.74) is 3.36. The third-order valence-corrected chi connectivity index (χ3v) is 4.90. The highest BCUT2D eigenvalue weighted by molar-refractivity contribution is 5.67. The van der Waals surface area contributed by atoms with Crippen molar-refractivity contribution in [1.29, 1.82) is 0 Å². The van der Waals surface area contributed by atoms with Crippen LogP contribution < -0.4 is 10.4 Å². The van der Waals surface area contributed by atoms with Gasteiger partial charge in [-0.15, -0.1) is 0 Å². The van der Waals surface area contributed by atoms with Crippen LogP contribution in [-0.2, 0) is 27.2 Å². The van der Waals surface area contributed by atoms with E-state index >= 15 is 0 Å². The number of hydrogen-bond acceptors (Lipinski definition) is 6. The monoisotopic (exact) mass is 414 g/mol. The molecule has 0 spiro atoms. The van der Waals surface area contributed by atoms with Crippen LogP contribution in [0.15, 0.2) is 29.1 Å². The molecular formula is C22H23FN2O5. The van der Waals surface area contributed by atoms with Crippen molar-refractivity contribution in [2.24, 2.45) is 0 Å². The Labute approximate surface area is 173 Å². The molecule has 1 saturated heterocycles. The summed E-state index contributed by atoms with van der Waals surface area (Å²) in [7, 11) is 0. The van der Waals surface area contributed by atoms with E-state index in [4.69, 9.17) is 18.9 Å². The third kappa shape index (κ3) is 4.87. The fraction of sp³-hybridized carbons (Fsp3) is 0.455. The van der Waals surface area contributed by atoms with Crippen molar-refractivity contribution in [2.45, 2.75) is 19.1 Å². The van der Waals surface area contributed by atoms with Crippen LogP contribution in [0.4, 0.5) is 4.39 Å². The average molecular weight is 414 g/mol. The van der Waals surface area contributed by atoms with Gasteiger partial charge < -0.3 is 18.9 Å². The van der Waals surface area contributed by atoms with Crippen LogP contribution in [0.1, 0.15) is 11.1 Å². The van der Waals surface area contributed by atoms with E-state index in [-0.39, 0.29) is 37.5 Å². The third-order valence-electron chi connectivity index (χ3n) is 4.90. The maximum atomic E-state index is 12.5. The van der Waals surface area contributed by atoms with Crippen LogP contribution in [0.3, 0.4) is 0 Å². The number of aryl methyl sites for hydroxylation is 1. The first-order chi connectivity index (χ1) is 14.7. The van der Waals surface area contributed by atoms with Crippen LogP contribution in [0.5, 0.6) is 5.88 Å². The van der Waals surface area contributed by atoms with Gasteiger partial charge in [-0.3, -0.25) is 4.57 Å². The van der Waals surface area contributed by atoms with Gasteiger partial charge >= 0.3 is 5.69 Å². The minimum atomic E-state index is -0.513. The predicted molar refractivity (Wildman–Crippen MR) is 107 cm³/mol. The SMILES string of the molecule is O=c1nc(OCC2COCCO2)cc2n1CCc1cc(C#CCOCCF)ccc1-2. The van der Waals surface area contributed by atoms with E-state index in [0.29, 0.717) is 32.8 Å². The Morgan fingerprint density at radius 1 is 1.30 bits per heavy atom. The van der Waals surface area contributed by atoms with Crippen molar-refractivity contribution in [3.05, 3.63) is 45.9 Å². The smallest absolute Gasteiger partial charge is 0.351 e. The molecule has 0 saturated carbocycles. The number of halogens is 1. The van der Waals surface area contributed by atoms with Crippen molar-refractivity contribution in [2.75, 3.05) is 46.3 Å². The summed E-state index contributed by atoms with van der Waals surface area (Å²) in [5.74, 6) is 6.19. The lowest BCUT2D eigenvalue weighted by Gasteiger charge is -2.24. The van der Waals surface area contributed by atoms with E-state index in [1.54, 1.807) is 10.6 Å². The van der Waals surface area contributed by atoms with Gasteiger partial charge in [0.05, 0.1) is 32.1 Å². The van der Waals surface area contributed by atoms with Crippen molar-refractivity contribution >= 4 is 0 Å². The van der Waals surface area contributed by atoms with E-state index in [1.807, 2.05) is 18.2 Å². The van der Waals surface area contributed by atoms with Gasteiger partial charge in [0.2, 0.25) is 5.88 Å². The summed E-state index contributed by atoms with van der Waals surface area (Å²) in [6.45, 7) is 2.16. The molecule has 0 aliphatic carbocycles. The predicted octanol–water partition coefficient (Wildman–Crippen LogP) is 1.60. The molecule has 30 heavy (non-hydrogen) atoms. The summed E-state index contributed by atoms with van der Waals surface area (Å²) in [5, 5.41) is 0. The van der Waals surface area contributed by atoms with Gasteiger partial charge in [0.1, 0.15) is 26.0 Å². The van der Waals surface area contributed by atoms with Gasteiger partial charge in [-0.1, -0.05) is 17.9 Å². The van der Waals surface area contributed by atoms with E-state index in [1.165, 1.54) is 0 Å². The molecule has 0 bridgehead atoms. The summed E-state index contributed by atoms with van der Waals surface area (Å²) < 4.78 is 35.4. The molecule has 0 amide bonds. The topological polar surface area (TPSA) is 71.8 Å². The Morgan fingerprint density at radius 3 is 3.07 bits per heavy atom. The molecule has 1 fully saturated rings. The number of benzene rings is 1. The lowest BCUT2D eigenvalue weighted by atomic mass is 9.95. The second-order valence-electron chi connectivity index (χ2n) is 6.96. The molecule has 1 aromatic heterocycles. The number of ether oxygens (including phenoxy) is 4. The fourth-order valence-electron chi connectivity index (χ4n) is 3.49. The minimum Gasteiger partial charge on any atom is -0.475 e. The Hall–Kier alpha value is -2.73. The maximum Gasteiger partial charge on any atom is 0.351 e. The van der Waals surface area contributed by atoms with Gasteiger partial charge in [0.25, 0.3) is 0 Å². The molecule has 2 aromatic rings. The second kappa shape index (κ2) is 9.85. The van der Waals surface area contributed by atoms with E-state index in [0.717, 1.165) is 22.4 Å². The molecular weight excluding hydrogens is 391 g/mol. The zero-order chi connectivity index (χ0) is 20.8. The molecule has 0 N–H and O–H groups in total. The number of aromatic nitrogens is 2. The summed E-state index contributed by atoms with van der Waals surface area (Å²) in [4.78, 5) is 16.5. The Balaban J connectivity index is 1.52. The molecule has 1 unspecified atom stereocenters. The van der Waals surface area contributed by atoms with Gasteiger partial charge in [-0.2, -0.15) is 4.98 Å². The standard InChI is InChI=1S/C22H23FN2O5/c23-6-9-27-8-1-2-16-3-4-19-17(12-16)5-7-25-20(19)13-21(24-22(25)26)30-15-18-14-28-10-11-29-18/h3-4,12-13,18H,5-11,14-15H2. The minimum absolute atomic E-state index is 0.0583. The lowest BCUT2D eigenvalue weighted by molar-refractivity contribution is -0.102. The van der Waals surface area contributed by atoms with Crippen molar-refractivity contribution in [3.63, 3.8) is 0 Å². The van der Waals surface area contributed by atoms with Gasteiger partial charge in [0.15, 0.2) is 0 Å². The first kappa shape index (κ1) is 20.5. The summed E-state index contributed by atoms with van der Waals surface area (Å²) in [6, 6.07) is 7.65. The molecule has 1 atom stereocenters. The van der Waals surface area contributed by atoms with Crippen LogP contribution >= 0.6 is 0 Å². The molecule has 158 valence electrons. The van der Waals surface area contributed by atoms with Crippen molar-refractivity contribution in [1.82, 2.24) is 9.55 Å². The normalized spacial score (nSPS) is 17.4. The molecule has 8 heteroatoms. The zero-order valence-corrected chi connectivity index (χ0v) is 16.6. The molecule has 1 aromatic carbocycles. The van der Waals surface area contributed by atoms with Crippen molar-refractivity contribution in [3.8, 4) is 29.0 Å². The molecule has 2 aliphatic heterocycles. The molecule has 7 nitrogen and oxygen atoms in total. The van der Waals surface area contributed by atoms with Crippen LogP contribution in [-0.4, -0.2) is 62.0 Å². The highest BCUT2D eigenvalue weighted by Gasteiger charge is 2.20. The number of hydrogen-bond donors (Lipinski definition) is 0. The average Bonchev–Trinajstić information content (AvgIpc) is 2.78. The van der Waals surface area contributed by atoms with Crippen LogP contribution in [0.2, 0.25) is 0 Å². The Bertz CT molecular complexity index is 1000. The summed E-state index contributed by atoms with van der Waals surface area (Å²) in [6.07, 6.45) is 0.548. The quantitative estimate of drug-likeness (QED) is 0.528. The number of rotatable bonds is 6. The molecule has 2 aliphatic rings. The summed E-state index contributed by atoms with van der Waals surface area (Å²) >= 11 is 0. The van der Waals surface area contributed by atoms with Crippen LogP contribution in [0.25, 0.3) is 11.3 Å². The largest absolute Gasteiger partial charge is 0.475 e. The zero-order valence-electron chi connectivity index (χ0n) is 16.6. The number of alkyl halides is 1. The highest BCUT2D eigenvalue weighted by atomic mass is 19.1. The van der Waals surface area contributed by atoms with Gasteiger partial charge in [-0.05, 0) is 24.1 Å². The Morgan fingerprint density at radius 2 is 2.23 bits per heavy atom. The fourth-order valence-corrected chi connectivity index (χ4v) is 3.49. The van der Waals surface area contributed by atoms with Crippen LogP contribution in [0, 0.1) is 11.8 Å². The van der Waals surface area contributed by atoms with E-state index in [9.17, 15) is 9.18 Å². The maximum absolute atomic E-state index is 12.5. The molecule has 3 heterocycles. The molecule has 4 rings (SSSR count). The van der Waals surface area contributed by atoms with Gasteiger partial charge in [0, 0.05) is 23.7 Å². The van der Waals surface area contributed by atoms with E-state index < -0.39 is 6.67 Å². The number of nitrogens with zero attached hydrogens (tertiary/aromatic N) is 2. The van der Waals surface area contributed by atoms with E-state index in [2.05, 4.69) is 16.8 Å². The first-order valence-corrected chi connectivity index (χ1v) is 9.94.